The number of carbonyl (C=O) groups is 3. The molecule has 1 unspecified atom stereocenters. The predicted molar refractivity (Wildman–Crippen MR) is 169 cm³/mol. The van der Waals surface area contributed by atoms with Crippen LogP contribution >= 0.6 is 23.2 Å². The molecule has 2 N–H and O–H groups in total. The van der Waals surface area contributed by atoms with Crippen LogP contribution in [0.15, 0.2) is 48.5 Å². The van der Waals surface area contributed by atoms with Gasteiger partial charge in [-0.2, -0.15) is 0 Å². The van der Waals surface area contributed by atoms with E-state index in [4.69, 9.17) is 27.9 Å². The number of hydrogen-bond acceptors (Lipinski definition) is 4. The van der Waals surface area contributed by atoms with E-state index in [0.29, 0.717) is 11.4 Å². The molecule has 0 spiro atoms. The van der Waals surface area contributed by atoms with Crippen molar-refractivity contribution in [3.63, 3.8) is 0 Å². The van der Waals surface area contributed by atoms with Crippen molar-refractivity contribution in [2.24, 2.45) is 5.41 Å². The largest absolute Gasteiger partial charge is 0.482 e. The summed E-state index contributed by atoms with van der Waals surface area (Å²) in [4.78, 5) is 39.0. The van der Waals surface area contributed by atoms with Gasteiger partial charge in [-0.1, -0.05) is 116 Å². The Hall–Kier alpha value is -2.57. The van der Waals surface area contributed by atoms with Gasteiger partial charge < -0.3 is 15.4 Å². The normalized spacial score (nSPS) is 13.3. The molecule has 0 aromatic heterocycles. The third-order valence-corrected chi connectivity index (χ3v) is 8.34. The highest BCUT2D eigenvalue weighted by Crippen LogP contribution is 2.39. The van der Waals surface area contributed by atoms with E-state index in [-0.39, 0.29) is 29.5 Å². The summed E-state index contributed by atoms with van der Waals surface area (Å²) < 4.78 is 4.26. The van der Waals surface area contributed by atoms with Gasteiger partial charge in [0.25, 0.3) is 10.4 Å². The quantitative estimate of drug-likeness (QED) is 0.179. The van der Waals surface area contributed by atoms with Crippen LogP contribution in [-0.2, 0) is 25.2 Å². The van der Waals surface area contributed by atoms with Crippen LogP contribution in [0.3, 0.4) is 0 Å². The van der Waals surface area contributed by atoms with Crippen molar-refractivity contribution in [1.82, 2.24) is 5.32 Å². The molecule has 6 nitrogen and oxygen atoms in total. The minimum absolute atomic E-state index is 0.0156. The van der Waals surface area contributed by atoms with Crippen molar-refractivity contribution in [2.75, 3.05) is 5.32 Å². The van der Waals surface area contributed by atoms with Crippen LogP contribution in [0, 0.1) is 5.41 Å². The highest BCUT2D eigenvalue weighted by molar-refractivity contribution is 6.59. The number of hydrogen-bond donors (Lipinski definition) is 2. The number of carbonyl (C=O) groups excluding carboxylic acids is 3. The first kappa shape index (κ1) is 34.6. The Balaban J connectivity index is 2.28. The van der Waals surface area contributed by atoms with E-state index in [0.717, 1.165) is 18.4 Å². The van der Waals surface area contributed by atoms with Gasteiger partial charge in [0, 0.05) is 29.5 Å². The third kappa shape index (κ3) is 9.47. The average Bonchev–Trinajstić information content (AvgIpc) is 2.90. The van der Waals surface area contributed by atoms with Crippen molar-refractivity contribution in [2.45, 2.75) is 109 Å². The first-order chi connectivity index (χ1) is 18.8. The van der Waals surface area contributed by atoms with Gasteiger partial charge in [0.15, 0.2) is 11.9 Å². The van der Waals surface area contributed by atoms with Gasteiger partial charge >= 0.3 is 0 Å². The van der Waals surface area contributed by atoms with Crippen molar-refractivity contribution in [3.8, 4) is 5.75 Å². The molecule has 0 aliphatic heterocycles. The smallest absolute Gasteiger partial charge is 0.281 e. The van der Waals surface area contributed by atoms with Crippen LogP contribution in [0.2, 0.25) is 0 Å². The summed E-state index contributed by atoms with van der Waals surface area (Å²) in [5.74, 6) is -0.877. The van der Waals surface area contributed by atoms with E-state index in [1.54, 1.807) is 30.3 Å². The number of rotatable bonds is 13. The highest BCUT2D eigenvalue weighted by Gasteiger charge is 2.37. The van der Waals surface area contributed by atoms with E-state index in [9.17, 15) is 14.4 Å². The van der Waals surface area contributed by atoms with E-state index in [2.05, 4.69) is 64.3 Å². The Morgan fingerprint density at radius 1 is 0.854 bits per heavy atom. The molecule has 0 saturated heterocycles. The molecule has 2 amide bonds. The molecule has 0 fully saturated rings. The van der Waals surface area contributed by atoms with E-state index < -0.39 is 27.8 Å². The van der Waals surface area contributed by atoms with Crippen LogP contribution in [0.1, 0.15) is 99.1 Å². The Kier molecular flexibility index (Phi) is 11.5. The summed E-state index contributed by atoms with van der Waals surface area (Å²) in [6, 6.07) is 14.8. The summed E-state index contributed by atoms with van der Waals surface area (Å²) in [7, 11) is 0. The molecule has 0 heterocycles. The Bertz CT molecular complexity index is 1220. The maximum absolute atomic E-state index is 13.5. The molecule has 2 aromatic rings. The molecular formula is C33H46Cl2N2O4. The van der Waals surface area contributed by atoms with Gasteiger partial charge in [0.1, 0.15) is 5.75 Å². The van der Waals surface area contributed by atoms with Crippen molar-refractivity contribution >= 4 is 46.5 Å². The van der Waals surface area contributed by atoms with Crippen molar-refractivity contribution in [3.05, 3.63) is 59.7 Å². The topological polar surface area (TPSA) is 84.5 Å². The number of benzene rings is 2. The molecule has 226 valence electrons. The average molecular weight is 606 g/mol. The minimum Gasteiger partial charge on any atom is -0.482 e. The molecule has 41 heavy (non-hydrogen) atoms. The van der Waals surface area contributed by atoms with Gasteiger partial charge in [-0.3, -0.25) is 14.4 Å². The van der Waals surface area contributed by atoms with Crippen LogP contribution in [0.4, 0.5) is 5.69 Å². The lowest BCUT2D eigenvalue weighted by atomic mass is 9.76. The summed E-state index contributed by atoms with van der Waals surface area (Å²) in [5, 5.41) is 4.93. The SMILES string of the molecule is CCC(C)(C)c1ccc(OC(CCC(=O)NC(Cl)(Cl)C(=O)Nc2ccccc2)C(=O)C(C)(C)C)c(C(C)(C)CC)c1. The molecule has 0 saturated carbocycles. The lowest BCUT2D eigenvalue weighted by Crippen LogP contribution is -2.48. The second-order valence-electron chi connectivity index (χ2n) is 12.9. The summed E-state index contributed by atoms with van der Waals surface area (Å²) in [5.41, 5.74) is 1.79. The van der Waals surface area contributed by atoms with Crippen LogP contribution in [0.25, 0.3) is 0 Å². The molecular weight excluding hydrogens is 559 g/mol. The summed E-state index contributed by atoms with van der Waals surface area (Å²) in [6.07, 6.45) is 0.916. The predicted octanol–water partition coefficient (Wildman–Crippen LogP) is 8.09. The summed E-state index contributed by atoms with van der Waals surface area (Å²) >= 11 is 12.4. The molecule has 0 radical (unpaired) electrons. The fraction of sp³-hybridized carbons (Fsp3) is 0.545. The van der Waals surface area contributed by atoms with Crippen molar-refractivity contribution < 1.29 is 19.1 Å². The third-order valence-electron chi connectivity index (χ3n) is 7.81. The lowest BCUT2D eigenvalue weighted by molar-refractivity contribution is -0.134. The monoisotopic (exact) mass is 604 g/mol. The zero-order valence-electron chi connectivity index (χ0n) is 25.9. The molecule has 1 atom stereocenters. The Morgan fingerprint density at radius 3 is 1.98 bits per heavy atom. The molecule has 8 heteroatoms. The lowest BCUT2D eigenvalue weighted by Gasteiger charge is -2.32. The highest BCUT2D eigenvalue weighted by atomic mass is 35.5. The second kappa shape index (κ2) is 13.6. The maximum Gasteiger partial charge on any atom is 0.281 e. The van der Waals surface area contributed by atoms with E-state index in [1.165, 1.54) is 5.56 Å². The van der Waals surface area contributed by atoms with E-state index in [1.807, 2.05) is 26.8 Å². The Morgan fingerprint density at radius 2 is 1.44 bits per heavy atom. The molecule has 0 aliphatic rings. The fourth-order valence-corrected chi connectivity index (χ4v) is 4.45. The number of alkyl halides is 2. The number of nitrogens with one attached hydrogen (secondary N) is 2. The van der Waals surface area contributed by atoms with Gasteiger partial charge in [-0.05, 0) is 47.4 Å². The molecule has 2 rings (SSSR count). The number of para-hydroxylation sites is 1. The minimum atomic E-state index is -2.20. The standard InChI is InChI=1S/C33H46Cl2N2O4/c1-10-31(6,7)22-17-18-25(24(21-22)32(8,9)11-2)41-26(28(39)30(3,4)5)19-20-27(38)37-33(34,35)29(40)36-23-15-13-12-14-16-23/h12-18,21,26H,10-11,19-20H2,1-9H3,(H,36,40)(H,37,38). The van der Waals surface area contributed by atoms with Gasteiger partial charge in [0.05, 0.1) is 0 Å². The number of amides is 2. The number of Topliss-reactive ketones (excluding diaryl/α,β-unsaturated/α-hetero) is 1. The molecule has 0 bridgehead atoms. The first-order valence-electron chi connectivity index (χ1n) is 14.3. The number of anilines is 1. The number of halogens is 2. The zero-order chi connectivity index (χ0) is 31.2. The fourth-order valence-electron chi connectivity index (χ4n) is 4.14. The van der Waals surface area contributed by atoms with Gasteiger partial charge in [0.2, 0.25) is 5.91 Å². The van der Waals surface area contributed by atoms with E-state index >= 15 is 0 Å². The summed E-state index contributed by atoms with van der Waals surface area (Å²) in [6.45, 7) is 18.5. The zero-order valence-corrected chi connectivity index (χ0v) is 27.4. The number of ketones is 1. The van der Waals surface area contributed by atoms with Gasteiger partial charge in [-0.25, -0.2) is 0 Å². The van der Waals surface area contributed by atoms with Crippen LogP contribution in [0.5, 0.6) is 5.75 Å². The second-order valence-corrected chi connectivity index (χ2v) is 14.2. The van der Waals surface area contributed by atoms with Crippen LogP contribution in [-0.4, -0.2) is 28.2 Å². The van der Waals surface area contributed by atoms with Crippen molar-refractivity contribution in [1.29, 1.82) is 0 Å². The maximum atomic E-state index is 13.5. The van der Waals surface area contributed by atoms with Gasteiger partial charge in [-0.15, -0.1) is 0 Å². The van der Waals surface area contributed by atoms with Crippen LogP contribution < -0.4 is 15.4 Å². The number of ether oxygens (including phenoxy) is 1. The molecule has 2 aromatic carbocycles. The molecule has 0 aliphatic carbocycles. The first-order valence-corrected chi connectivity index (χ1v) is 15.0. The Labute approximate surface area is 255 Å².